The molecule has 0 aromatic carbocycles. The number of piperidine rings is 1. The molecule has 0 amide bonds. The average molecular weight is 434 g/mol. The predicted octanol–water partition coefficient (Wildman–Crippen LogP) is 1.66. The topological polar surface area (TPSA) is 57.5 Å². The third-order valence-electron chi connectivity index (χ3n) is 4.71. The smallest absolute Gasteiger partial charge is 0.191 e. The third-order valence-corrected chi connectivity index (χ3v) is 4.71. The minimum atomic E-state index is 0. The Bertz CT molecular complexity index is 517. The molecule has 6 nitrogen and oxygen atoms in total. The van der Waals surface area contributed by atoms with E-state index in [4.69, 9.17) is 0 Å². The zero-order chi connectivity index (χ0) is 16.1. The predicted molar refractivity (Wildman–Crippen MR) is 107 cm³/mol. The van der Waals surface area contributed by atoms with Gasteiger partial charge in [0.25, 0.3) is 0 Å². The first kappa shape index (κ1) is 20.2. The zero-order valence-corrected chi connectivity index (χ0v) is 17.3. The molecule has 1 aromatic rings. The number of halogens is 1. The van der Waals surface area contributed by atoms with Crippen LogP contribution in [0.15, 0.2) is 4.99 Å². The molecule has 1 fully saturated rings. The zero-order valence-electron chi connectivity index (χ0n) is 15.0. The van der Waals surface area contributed by atoms with Gasteiger partial charge in [-0.05, 0) is 52.7 Å². The van der Waals surface area contributed by atoms with Crippen molar-refractivity contribution >= 4 is 29.9 Å². The largest absolute Gasteiger partial charge is 0.356 e. The van der Waals surface area contributed by atoms with Crippen LogP contribution in [0.4, 0.5) is 0 Å². The summed E-state index contributed by atoms with van der Waals surface area (Å²) in [5, 5.41) is 11.3. The number of aryl methyl sites for hydroxylation is 2. The second-order valence-corrected chi connectivity index (χ2v) is 6.33. The number of aromatic nitrogens is 2. The fraction of sp³-hybridized carbons (Fsp3) is 0.750. The summed E-state index contributed by atoms with van der Waals surface area (Å²) in [6.45, 7) is 8.32. The summed E-state index contributed by atoms with van der Waals surface area (Å²) in [6.07, 6.45) is 2.53. The summed E-state index contributed by atoms with van der Waals surface area (Å²) in [5.74, 6) is 1.62. The van der Waals surface area contributed by atoms with Gasteiger partial charge in [-0.3, -0.25) is 9.67 Å². The molecule has 0 aliphatic carbocycles. The Balaban J connectivity index is 0.00000264. The highest BCUT2D eigenvalue weighted by molar-refractivity contribution is 14.0. The molecule has 1 aliphatic heterocycles. The molecule has 1 aromatic heterocycles. The first-order valence-electron chi connectivity index (χ1n) is 8.13. The summed E-state index contributed by atoms with van der Waals surface area (Å²) in [4.78, 5) is 6.73. The lowest BCUT2D eigenvalue weighted by Gasteiger charge is -2.29. The number of aliphatic imine (C=N–C) groups is 1. The summed E-state index contributed by atoms with van der Waals surface area (Å²) >= 11 is 0. The monoisotopic (exact) mass is 434 g/mol. The number of hydrogen-bond donors (Lipinski definition) is 2. The van der Waals surface area contributed by atoms with E-state index in [0.29, 0.717) is 0 Å². The van der Waals surface area contributed by atoms with Gasteiger partial charge in [0.1, 0.15) is 0 Å². The van der Waals surface area contributed by atoms with Gasteiger partial charge < -0.3 is 15.5 Å². The molecule has 2 heterocycles. The second-order valence-electron chi connectivity index (χ2n) is 6.33. The van der Waals surface area contributed by atoms with Crippen molar-refractivity contribution < 1.29 is 0 Å². The summed E-state index contributed by atoms with van der Waals surface area (Å²) in [7, 11) is 6.01. The van der Waals surface area contributed by atoms with Crippen LogP contribution >= 0.6 is 24.0 Å². The second kappa shape index (κ2) is 9.46. The van der Waals surface area contributed by atoms with Gasteiger partial charge in [0.05, 0.1) is 5.69 Å². The van der Waals surface area contributed by atoms with Crippen LogP contribution < -0.4 is 10.6 Å². The van der Waals surface area contributed by atoms with Crippen LogP contribution in [0.2, 0.25) is 0 Å². The highest BCUT2D eigenvalue weighted by Gasteiger charge is 2.17. The van der Waals surface area contributed by atoms with E-state index < -0.39 is 0 Å². The molecule has 1 saturated heterocycles. The Morgan fingerprint density at radius 2 is 1.87 bits per heavy atom. The van der Waals surface area contributed by atoms with Crippen molar-refractivity contribution in [3.63, 3.8) is 0 Å². The quantitative estimate of drug-likeness (QED) is 0.430. The SMILES string of the molecule is CN=C(NCc1c(C)nn(C)c1C)NCC1CCN(C)CC1.I. The molecule has 132 valence electrons. The van der Waals surface area contributed by atoms with Crippen molar-refractivity contribution in [2.45, 2.75) is 33.2 Å². The Labute approximate surface area is 157 Å². The van der Waals surface area contributed by atoms with E-state index in [1.165, 1.54) is 37.2 Å². The molecular weight excluding hydrogens is 403 g/mol. The number of hydrogen-bond acceptors (Lipinski definition) is 3. The summed E-state index contributed by atoms with van der Waals surface area (Å²) < 4.78 is 1.93. The van der Waals surface area contributed by atoms with E-state index in [1.807, 2.05) is 18.8 Å². The fourth-order valence-electron chi connectivity index (χ4n) is 2.97. The molecule has 0 atom stereocenters. The average Bonchev–Trinajstić information content (AvgIpc) is 2.75. The Kier molecular flexibility index (Phi) is 8.32. The van der Waals surface area contributed by atoms with Gasteiger partial charge in [-0.25, -0.2) is 0 Å². The molecule has 23 heavy (non-hydrogen) atoms. The van der Waals surface area contributed by atoms with Crippen molar-refractivity contribution in [1.82, 2.24) is 25.3 Å². The van der Waals surface area contributed by atoms with Crippen LogP contribution in [0.5, 0.6) is 0 Å². The number of nitrogens with zero attached hydrogens (tertiary/aromatic N) is 4. The van der Waals surface area contributed by atoms with Crippen molar-refractivity contribution in [2.24, 2.45) is 18.0 Å². The van der Waals surface area contributed by atoms with Crippen LogP contribution in [0.25, 0.3) is 0 Å². The molecule has 0 bridgehead atoms. The van der Waals surface area contributed by atoms with Gasteiger partial charge in [0.15, 0.2) is 5.96 Å². The minimum absolute atomic E-state index is 0. The van der Waals surface area contributed by atoms with Crippen LogP contribution in [0.3, 0.4) is 0 Å². The molecule has 2 N–H and O–H groups in total. The fourth-order valence-corrected chi connectivity index (χ4v) is 2.97. The van der Waals surface area contributed by atoms with E-state index in [1.54, 1.807) is 0 Å². The molecule has 0 spiro atoms. The van der Waals surface area contributed by atoms with E-state index in [-0.39, 0.29) is 24.0 Å². The van der Waals surface area contributed by atoms with Gasteiger partial charge in [-0.2, -0.15) is 5.10 Å². The lowest BCUT2D eigenvalue weighted by molar-refractivity contribution is 0.220. The molecule has 0 saturated carbocycles. The van der Waals surface area contributed by atoms with Gasteiger partial charge in [-0.15, -0.1) is 24.0 Å². The lowest BCUT2D eigenvalue weighted by Crippen LogP contribution is -2.42. The molecule has 7 heteroatoms. The third kappa shape index (κ3) is 5.63. The maximum Gasteiger partial charge on any atom is 0.191 e. The number of rotatable bonds is 4. The maximum atomic E-state index is 4.45. The lowest BCUT2D eigenvalue weighted by atomic mass is 9.97. The highest BCUT2D eigenvalue weighted by atomic mass is 127. The molecule has 0 radical (unpaired) electrons. The van der Waals surface area contributed by atoms with Crippen molar-refractivity contribution in [2.75, 3.05) is 33.7 Å². The van der Waals surface area contributed by atoms with E-state index in [0.717, 1.165) is 30.7 Å². The van der Waals surface area contributed by atoms with Crippen LogP contribution in [-0.4, -0.2) is 54.4 Å². The summed E-state index contributed by atoms with van der Waals surface area (Å²) in [6, 6.07) is 0. The molecule has 1 aliphatic rings. The van der Waals surface area contributed by atoms with E-state index in [9.17, 15) is 0 Å². The molecule has 2 rings (SSSR count). The maximum absolute atomic E-state index is 4.45. The molecule has 0 unspecified atom stereocenters. The minimum Gasteiger partial charge on any atom is -0.356 e. The highest BCUT2D eigenvalue weighted by Crippen LogP contribution is 2.14. The van der Waals surface area contributed by atoms with E-state index >= 15 is 0 Å². The van der Waals surface area contributed by atoms with Crippen molar-refractivity contribution in [3.05, 3.63) is 17.0 Å². The first-order chi connectivity index (χ1) is 10.5. The van der Waals surface area contributed by atoms with Crippen molar-refractivity contribution in [1.29, 1.82) is 0 Å². The van der Waals surface area contributed by atoms with Gasteiger partial charge in [0.2, 0.25) is 0 Å². The van der Waals surface area contributed by atoms with Gasteiger partial charge in [-0.1, -0.05) is 0 Å². The van der Waals surface area contributed by atoms with E-state index in [2.05, 4.69) is 46.5 Å². The normalized spacial score (nSPS) is 17.0. The van der Waals surface area contributed by atoms with Crippen LogP contribution in [-0.2, 0) is 13.6 Å². The molecular formula is C16H31IN6. The number of likely N-dealkylation sites (tertiary alicyclic amines) is 1. The Morgan fingerprint density at radius 1 is 1.22 bits per heavy atom. The number of nitrogens with one attached hydrogen (secondary N) is 2. The Hall–Kier alpha value is -0.830. The number of guanidine groups is 1. The summed E-state index contributed by atoms with van der Waals surface area (Å²) in [5.41, 5.74) is 3.54. The van der Waals surface area contributed by atoms with Gasteiger partial charge >= 0.3 is 0 Å². The first-order valence-corrected chi connectivity index (χ1v) is 8.13. The van der Waals surface area contributed by atoms with Crippen molar-refractivity contribution in [3.8, 4) is 0 Å². The van der Waals surface area contributed by atoms with Gasteiger partial charge in [0, 0.05) is 38.4 Å². The van der Waals surface area contributed by atoms with Crippen LogP contribution in [0, 0.1) is 19.8 Å². The van der Waals surface area contributed by atoms with Crippen LogP contribution in [0.1, 0.15) is 29.8 Å². The standard InChI is InChI=1S/C16H30N6.HI/c1-12-15(13(2)22(5)20-12)11-19-16(17-3)18-10-14-6-8-21(4)9-7-14;/h14H,6-11H2,1-5H3,(H2,17,18,19);1H. The Morgan fingerprint density at radius 3 is 2.39 bits per heavy atom.